The summed E-state index contributed by atoms with van der Waals surface area (Å²) >= 11 is 0. The van der Waals surface area contributed by atoms with Gasteiger partial charge in [-0.1, -0.05) is 36.4 Å². The van der Waals surface area contributed by atoms with Gasteiger partial charge in [-0.3, -0.25) is 0 Å². The van der Waals surface area contributed by atoms with E-state index in [1.807, 2.05) is 18.2 Å². The summed E-state index contributed by atoms with van der Waals surface area (Å²) in [7, 11) is 0. The van der Waals surface area contributed by atoms with Crippen molar-refractivity contribution in [1.29, 1.82) is 0 Å². The summed E-state index contributed by atoms with van der Waals surface area (Å²) in [6.45, 7) is 0. The molecule has 2 aromatic rings. The van der Waals surface area contributed by atoms with Crippen LogP contribution in [0.4, 0.5) is 0 Å². The van der Waals surface area contributed by atoms with E-state index in [0.717, 1.165) is 18.4 Å². The van der Waals surface area contributed by atoms with Crippen molar-refractivity contribution in [2.45, 2.75) is 12.8 Å². The molecule has 0 heterocycles. The van der Waals surface area contributed by atoms with Gasteiger partial charge in [-0.2, -0.15) is 0 Å². The predicted molar refractivity (Wildman–Crippen MR) is 68.6 cm³/mol. The second-order valence-electron chi connectivity index (χ2n) is 4.31. The lowest BCUT2D eigenvalue weighted by molar-refractivity contribution is 0.475. The average Bonchev–Trinajstić information content (AvgIpc) is 2.38. The molecule has 3 rings (SSSR count). The van der Waals surface area contributed by atoms with E-state index in [1.54, 1.807) is 12.1 Å². The molecule has 2 aromatic carbocycles. The summed E-state index contributed by atoms with van der Waals surface area (Å²) in [6.07, 6.45) is 5.48. The van der Waals surface area contributed by atoms with Crippen molar-refractivity contribution in [1.82, 2.24) is 0 Å². The van der Waals surface area contributed by atoms with E-state index in [4.69, 9.17) is 0 Å². The van der Waals surface area contributed by atoms with E-state index in [1.165, 1.54) is 16.7 Å². The topological polar surface area (TPSA) is 20.2 Å². The van der Waals surface area contributed by atoms with Gasteiger partial charge in [0.1, 0.15) is 5.75 Å². The third-order valence-electron chi connectivity index (χ3n) is 3.14. The van der Waals surface area contributed by atoms with Gasteiger partial charge >= 0.3 is 0 Å². The molecule has 0 bridgehead atoms. The van der Waals surface area contributed by atoms with E-state index in [0.29, 0.717) is 5.75 Å². The van der Waals surface area contributed by atoms with Crippen LogP contribution in [0.25, 0.3) is 5.57 Å². The van der Waals surface area contributed by atoms with E-state index >= 15 is 0 Å². The van der Waals surface area contributed by atoms with Crippen LogP contribution >= 0.6 is 0 Å². The van der Waals surface area contributed by atoms with Gasteiger partial charge in [-0.05, 0) is 53.3 Å². The highest BCUT2D eigenvalue weighted by Gasteiger charge is 2.11. The van der Waals surface area contributed by atoms with Gasteiger partial charge in [0.2, 0.25) is 0 Å². The summed E-state index contributed by atoms with van der Waals surface area (Å²) < 4.78 is 0. The molecule has 0 aromatic heterocycles. The third-order valence-corrected chi connectivity index (χ3v) is 3.14. The number of allylic oxidation sites excluding steroid dienone is 1. The van der Waals surface area contributed by atoms with Crippen molar-refractivity contribution in [3.63, 3.8) is 0 Å². The Kier molecular flexibility index (Phi) is 2.45. The minimum atomic E-state index is 0.315. The Morgan fingerprint density at radius 1 is 0.941 bits per heavy atom. The first-order valence-electron chi connectivity index (χ1n) is 5.83. The quantitative estimate of drug-likeness (QED) is 0.780. The van der Waals surface area contributed by atoms with Crippen LogP contribution in [0.1, 0.15) is 23.1 Å². The van der Waals surface area contributed by atoms with Crippen molar-refractivity contribution in [3.05, 3.63) is 71.3 Å². The van der Waals surface area contributed by atoms with Crippen LogP contribution in [0.2, 0.25) is 0 Å². The summed E-state index contributed by atoms with van der Waals surface area (Å²) in [5.74, 6) is 0.315. The van der Waals surface area contributed by atoms with E-state index in [2.05, 4.69) is 24.3 Å². The molecule has 1 aliphatic rings. The maximum atomic E-state index is 9.50. The van der Waals surface area contributed by atoms with Gasteiger partial charge in [0.25, 0.3) is 0 Å². The Morgan fingerprint density at radius 3 is 2.71 bits per heavy atom. The molecule has 0 unspecified atom stereocenters. The minimum absolute atomic E-state index is 0.315. The molecule has 0 aliphatic heterocycles. The van der Waals surface area contributed by atoms with Gasteiger partial charge in [0.05, 0.1) is 0 Å². The number of fused-ring (bicyclic) bond motifs is 1. The monoisotopic (exact) mass is 221 g/mol. The first-order valence-corrected chi connectivity index (χ1v) is 5.83. The Labute approximate surface area is 101 Å². The van der Waals surface area contributed by atoms with Crippen LogP contribution in [-0.4, -0.2) is 5.11 Å². The minimum Gasteiger partial charge on any atom is -0.508 e. The average molecular weight is 221 g/mol. The first-order chi connectivity index (χ1) is 8.33. The van der Waals surface area contributed by atoms with Gasteiger partial charge in [-0.25, -0.2) is 0 Å². The predicted octanol–water partition coefficient (Wildman–Crippen LogP) is 3.57. The van der Waals surface area contributed by atoms with Crippen molar-refractivity contribution >= 4 is 5.57 Å². The highest BCUT2D eigenvalue weighted by Crippen LogP contribution is 2.29. The molecule has 83 valence electrons. The molecular formula is C16H13O. The molecule has 0 atom stereocenters. The largest absolute Gasteiger partial charge is 0.508 e. The zero-order valence-corrected chi connectivity index (χ0v) is 9.48. The Bertz CT molecular complexity index is 582. The summed E-state index contributed by atoms with van der Waals surface area (Å²) in [4.78, 5) is 0. The van der Waals surface area contributed by atoms with Crippen LogP contribution < -0.4 is 0 Å². The van der Waals surface area contributed by atoms with Crippen LogP contribution in [0.3, 0.4) is 0 Å². The van der Waals surface area contributed by atoms with Crippen LogP contribution in [0, 0.1) is 6.08 Å². The SMILES string of the molecule is Oc1cccc(C2=[C]c3ccccc3CC2)c1. The highest BCUT2D eigenvalue weighted by atomic mass is 16.3. The first kappa shape index (κ1) is 10.2. The second kappa shape index (κ2) is 4.10. The molecule has 0 spiro atoms. The normalized spacial score (nSPS) is 14.0. The molecule has 0 saturated heterocycles. The Morgan fingerprint density at radius 2 is 1.82 bits per heavy atom. The van der Waals surface area contributed by atoms with Crippen LogP contribution in [0.5, 0.6) is 5.75 Å². The standard InChI is InChI=1S/C16H13O/c17-16-7-3-6-14(11-16)15-9-8-12-4-1-2-5-13(12)10-15/h1-7,11,17H,8-9H2. The fourth-order valence-electron chi connectivity index (χ4n) is 2.26. The number of aryl methyl sites for hydroxylation is 1. The molecule has 1 heteroatoms. The number of hydrogen-bond acceptors (Lipinski definition) is 1. The lowest BCUT2D eigenvalue weighted by Gasteiger charge is -2.16. The van der Waals surface area contributed by atoms with E-state index in [9.17, 15) is 5.11 Å². The maximum Gasteiger partial charge on any atom is 0.116 e. The van der Waals surface area contributed by atoms with Crippen molar-refractivity contribution in [2.75, 3.05) is 0 Å². The summed E-state index contributed by atoms with van der Waals surface area (Å²) in [6, 6.07) is 15.8. The number of phenolic OH excluding ortho intramolecular Hbond substituents is 1. The lowest BCUT2D eigenvalue weighted by Crippen LogP contribution is -1.99. The fourth-order valence-corrected chi connectivity index (χ4v) is 2.26. The fraction of sp³-hybridized carbons (Fsp3) is 0.125. The third kappa shape index (κ3) is 1.96. The number of rotatable bonds is 1. The smallest absolute Gasteiger partial charge is 0.116 e. The van der Waals surface area contributed by atoms with Crippen molar-refractivity contribution in [2.24, 2.45) is 0 Å². The van der Waals surface area contributed by atoms with Crippen LogP contribution in [0.15, 0.2) is 48.5 Å². The second-order valence-corrected chi connectivity index (χ2v) is 4.31. The molecule has 0 saturated carbocycles. The number of aromatic hydroxyl groups is 1. The Hall–Kier alpha value is -2.02. The van der Waals surface area contributed by atoms with E-state index < -0.39 is 0 Å². The van der Waals surface area contributed by atoms with Gasteiger partial charge < -0.3 is 5.11 Å². The van der Waals surface area contributed by atoms with Gasteiger partial charge in [-0.15, -0.1) is 0 Å². The zero-order valence-electron chi connectivity index (χ0n) is 9.48. The van der Waals surface area contributed by atoms with Gasteiger partial charge in [0.15, 0.2) is 0 Å². The molecule has 1 radical (unpaired) electrons. The lowest BCUT2D eigenvalue weighted by atomic mass is 9.89. The van der Waals surface area contributed by atoms with Crippen LogP contribution in [-0.2, 0) is 6.42 Å². The van der Waals surface area contributed by atoms with Gasteiger partial charge in [0, 0.05) is 0 Å². The van der Waals surface area contributed by atoms with Crippen molar-refractivity contribution in [3.8, 4) is 5.75 Å². The molecule has 1 aliphatic carbocycles. The maximum absolute atomic E-state index is 9.50. The molecule has 1 nitrogen and oxygen atoms in total. The molecule has 1 N–H and O–H groups in total. The van der Waals surface area contributed by atoms with E-state index in [-0.39, 0.29) is 0 Å². The molecule has 17 heavy (non-hydrogen) atoms. The summed E-state index contributed by atoms with van der Waals surface area (Å²) in [5.41, 5.74) is 4.78. The number of benzene rings is 2. The summed E-state index contributed by atoms with van der Waals surface area (Å²) in [5, 5.41) is 9.50. The van der Waals surface area contributed by atoms with Crippen molar-refractivity contribution < 1.29 is 5.11 Å². The number of phenols is 1. The number of hydrogen-bond donors (Lipinski definition) is 1. The molecular weight excluding hydrogens is 208 g/mol. The molecule has 0 amide bonds. The Balaban J connectivity index is 2.04. The zero-order chi connectivity index (χ0) is 11.7. The highest BCUT2D eigenvalue weighted by molar-refractivity contribution is 5.69. The molecule has 0 fully saturated rings.